The van der Waals surface area contributed by atoms with Crippen molar-refractivity contribution >= 4 is 24.1 Å². The first-order valence-electron chi connectivity index (χ1n) is 10.1. The number of hydrogen-bond donors (Lipinski definition) is 0. The van der Waals surface area contributed by atoms with Crippen LogP contribution >= 0.6 is 11.8 Å². The second-order valence-electron chi connectivity index (χ2n) is 8.05. The van der Waals surface area contributed by atoms with E-state index < -0.39 is 0 Å². The predicted molar refractivity (Wildman–Crippen MR) is 108 cm³/mol. The Kier molecular flexibility index (Phi) is 6.85. The van der Waals surface area contributed by atoms with Crippen LogP contribution in [0.25, 0.3) is 0 Å². The Labute approximate surface area is 162 Å². The maximum Gasteiger partial charge on any atom is 0.250 e. The number of hydrogen-bond acceptors (Lipinski definition) is 3. The molecule has 2 amide bonds. The number of piperidine rings is 2. The molecule has 2 atom stereocenters. The van der Waals surface area contributed by atoms with Crippen LogP contribution in [-0.2, 0) is 9.59 Å². The molecule has 0 aromatic heterocycles. The first kappa shape index (κ1) is 19.5. The van der Waals surface area contributed by atoms with Crippen molar-refractivity contribution < 1.29 is 9.59 Å². The van der Waals surface area contributed by atoms with Crippen LogP contribution in [0.4, 0.5) is 0 Å². The van der Waals surface area contributed by atoms with Gasteiger partial charge in [-0.2, -0.15) is 0 Å². The number of carbonyl (C=O) groups excluding carboxylic acids is 2. The molecule has 2 saturated heterocycles. The van der Waals surface area contributed by atoms with Gasteiger partial charge in [-0.05, 0) is 67.6 Å². The second kappa shape index (κ2) is 9.12. The van der Waals surface area contributed by atoms with E-state index >= 15 is 0 Å². The standard InChI is InChI=1S/C21H32N2O2S/c1-16(14-26-17(2)18-9-12-22(15-24)13-10-18)21(25)23-11-5-7-19-6-3-4-8-20(19)23/h14-15,18-20H,2-13H2,1H3/b16-14+. The Bertz CT molecular complexity index is 564. The smallest absolute Gasteiger partial charge is 0.250 e. The van der Waals surface area contributed by atoms with E-state index in [1.165, 1.54) is 32.1 Å². The Morgan fingerprint density at radius 2 is 1.73 bits per heavy atom. The lowest BCUT2D eigenvalue weighted by Gasteiger charge is -2.44. The first-order valence-corrected chi connectivity index (χ1v) is 11.0. The molecule has 0 aromatic carbocycles. The van der Waals surface area contributed by atoms with Gasteiger partial charge in [0.15, 0.2) is 0 Å². The highest BCUT2D eigenvalue weighted by atomic mass is 32.2. The number of nitrogens with zero attached hydrogens (tertiary/aromatic N) is 2. The fourth-order valence-corrected chi connectivity index (χ4v) is 5.60. The van der Waals surface area contributed by atoms with Crippen molar-refractivity contribution in [3.63, 3.8) is 0 Å². The number of carbonyl (C=O) groups is 2. The van der Waals surface area contributed by atoms with Gasteiger partial charge in [0.05, 0.1) is 0 Å². The van der Waals surface area contributed by atoms with Crippen LogP contribution in [0, 0.1) is 11.8 Å². The Hall–Kier alpha value is -1.23. The minimum Gasteiger partial charge on any atom is -0.345 e. The summed E-state index contributed by atoms with van der Waals surface area (Å²) in [4.78, 5) is 28.9. The molecule has 2 unspecified atom stereocenters. The van der Waals surface area contributed by atoms with Crippen LogP contribution in [0.5, 0.6) is 0 Å². The fourth-order valence-electron chi connectivity index (χ4n) is 4.74. The zero-order valence-corrected chi connectivity index (χ0v) is 16.8. The maximum absolute atomic E-state index is 13.0. The largest absolute Gasteiger partial charge is 0.345 e. The van der Waals surface area contributed by atoms with E-state index in [-0.39, 0.29) is 5.91 Å². The Morgan fingerprint density at radius 3 is 2.46 bits per heavy atom. The van der Waals surface area contributed by atoms with Crippen LogP contribution in [0.1, 0.15) is 58.3 Å². The molecule has 5 heteroatoms. The molecule has 0 spiro atoms. The molecule has 26 heavy (non-hydrogen) atoms. The molecule has 144 valence electrons. The zero-order chi connectivity index (χ0) is 18.5. The lowest BCUT2D eigenvalue weighted by molar-refractivity contribution is -0.133. The SMILES string of the molecule is C=C(S/C=C(\C)C(=O)N1CCCC2CCCCC21)C1CCN(C=O)CC1. The van der Waals surface area contributed by atoms with Gasteiger partial charge in [0, 0.05) is 31.2 Å². The van der Waals surface area contributed by atoms with Gasteiger partial charge in [-0.3, -0.25) is 9.59 Å². The summed E-state index contributed by atoms with van der Waals surface area (Å²) in [6.07, 6.45) is 10.4. The second-order valence-corrected chi connectivity index (χ2v) is 9.05. The number of thioether (sulfide) groups is 1. The summed E-state index contributed by atoms with van der Waals surface area (Å²) in [5, 5.41) is 2.00. The average Bonchev–Trinajstić information content (AvgIpc) is 2.70. The van der Waals surface area contributed by atoms with Gasteiger partial charge in [0.2, 0.25) is 12.3 Å². The highest BCUT2D eigenvalue weighted by Crippen LogP contribution is 2.36. The van der Waals surface area contributed by atoms with E-state index in [0.717, 1.165) is 61.7 Å². The molecule has 1 saturated carbocycles. The van der Waals surface area contributed by atoms with Gasteiger partial charge in [0.1, 0.15) is 0 Å². The molecule has 0 radical (unpaired) electrons. The lowest BCUT2D eigenvalue weighted by atomic mass is 9.78. The Balaban J connectivity index is 1.54. The minimum atomic E-state index is 0.220. The van der Waals surface area contributed by atoms with Crippen molar-refractivity contribution in [2.24, 2.45) is 11.8 Å². The molecule has 4 nitrogen and oxygen atoms in total. The third kappa shape index (κ3) is 4.54. The maximum atomic E-state index is 13.0. The number of likely N-dealkylation sites (tertiary alicyclic amines) is 2. The summed E-state index contributed by atoms with van der Waals surface area (Å²) in [5.74, 6) is 1.38. The van der Waals surface area contributed by atoms with Crippen LogP contribution in [0.2, 0.25) is 0 Å². The molecule has 3 rings (SSSR count). The molecule has 0 bridgehead atoms. The average molecular weight is 377 g/mol. The van der Waals surface area contributed by atoms with Crippen LogP contribution < -0.4 is 0 Å². The summed E-state index contributed by atoms with van der Waals surface area (Å²) in [6.45, 7) is 8.71. The Morgan fingerprint density at radius 1 is 1.04 bits per heavy atom. The van der Waals surface area contributed by atoms with Gasteiger partial charge in [-0.1, -0.05) is 19.4 Å². The highest BCUT2D eigenvalue weighted by Gasteiger charge is 2.35. The van der Waals surface area contributed by atoms with E-state index in [9.17, 15) is 9.59 Å². The lowest BCUT2D eigenvalue weighted by Crippen LogP contribution is -2.49. The number of rotatable bonds is 5. The minimum absolute atomic E-state index is 0.220. The van der Waals surface area contributed by atoms with Crippen molar-refractivity contribution in [1.29, 1.82) is 0 Å². The van der Waals surface area contributed by atoms with Gasteiger partial charge in [-0.25, -0.2) is 0 Å². The van der Waals surface area contributed by atoms with Gasteiger partial charge < -0.3 is 9.80 Å². The number of fused-ring (bicyclic) bond motifs is 1. The van der Waals surface area contributed by atoms with Crippen molar-refractivity contribution in [2.75, 3.05) is 19.6 Å². The van der Waals surface area contributed by atoms with Crippen molar-refractivity contribution in [3.05, 3.63) is 22.5 Å². The highest BCUT2D eigenvalue weighted by molar-refractivity contribution is 8.05. The first-order chi connectivity index (χ1) is 12.6. The van der Waals surface area contributed by atoms with E-state index in [1.807, 2.05) is 17.2 Å². The van der Waals surface area contributed by atoms with Crippen molar-refractivity contribution in [3.8, 4) is 0 Å². The van der Waals surface area contributed by atoms with E-state index in [4.69, 9.17) is 0 Å². The summed E-state index contributed by atoms with van der Waals surface area (Å²) < 4.78 is 0. The van der Waals surface area contributed by atoms with Crippen LogP contribution in [0.3, 0.4) is 0 Å². The van der Waals surface area contributed by atoms with E-state index in [1.54, 1.807) is 11.8 Å². The van der Waals surface area contributed by atoms with E-state index in [2.05, 4.69) is 11.5 Å². The molecule has 3 aliphatic rings. The predicted octanol–water partition coefficient (Wildman–Crippen LogP) is 4.19. The van der Waals surface area contributed by atoms with Gasteiger partial charge >= 0.3 is 0 Å². The topological polar surface area (TPSA) is 40.6 Å². The molecule has 2 aliphatic heterocycles. The fraction of sp³-hybridized carbons (Fsp3) is 0.714. The molecular weight excluding hydrogens is 344 g/mol. The summed E-state index contributed by atoms with van der Waals surface area (Å²) >= 11 is 1.61. The van der Waals surface area contributed by atoms with Crippen LogP contribution in [-0.4, -0.2) is 47.8 Å². The third-order valence-electron chi connectivity index (χ3n) is 6.36. The molecule has 2 heterocycles. The summed E-state index contributed by atoms with van der Waals surface area (Å²) in [6, 6.07) is 0.467. The monoisotopic (exact) mass is 376 g/mol. The van der Waals surface area contributed by atoms with Gasteiger partial charge in [0.25, 0.3) is 0 Å². The molecule has 1 aliphatic carbocycles. The number of allylic oxidation sites excluding steroid dienone is 1. The quantitative estimate of drug-likeness (QED) is 0.534. The van der Waals surface area contributed by atoms with E-state index in [0.29, 0.717) is 12.0 Å². The molecule has 3 fully saturated rings. The molecule has 0 aromatic rings. The van der Waals surface area contributed by atoms with Crippen molar-refractivity contribution in [1.82, 2.24) is 9.80 Å². The normalized spacial score (nSPS) is 27.8. The molecule has 0 N–H and O–H groups in total. The number of amides is 2. The van der Waals surface area contributed by atoms with Crippen LogP contribution in [0.15, 0.2) is 22.5 Å². The summed E-state index contributed by atoms with van der Waals surface area (Å²) in [5.41, 5.74) is 0.840. The van der Waals surface area contributed by atoms with Crippen molar-refractivity contribution in [2.45, 2.75) is 64.3 Å². The third-order valence-corrected chi connectivity index (χ3v) is 7.47. The summed E-state index contributed by atoms with van der Waals surface area (Å²) in [7, 11) is 0. The van der Waals surface area contributed by atoms with Gasteiger partial charge in [-0.15, -0.1) is 11.8 Å². The zero-order valence-electron chi connectivity index (χ0n) is 16.0. The molecular formula is C21H32N2O2S.